The zero-order valence-corrected chi connectivity index (χ0v) is 13.3. The second kappa shape index (κ2) is 8.67. The van der Waals surface area contributed by atoms with Crippen LogP contribution in [0.3, 0.4) is 0 Å². The van der Waals surface area contributed by atoms with Crippen LogP contribution in [0.4, 0.5) is 10.1 Å². The van der Waals surface area contributed by atoms with E-state index in [2.05, 4.69) is 5.32 Å². The molecular weight excluding hydrogens is 313 g/mol. The van der Waals surface area contributed by atoms with E-state index in [1.54, 1.807) is 18.2 Å². The van der Waals surface area contributed by atoms with Gasteiger partial charge in [0.1, 0.15) is 0 Å². The van der Waals surface area contributed by atoms with Crippen LogP contribution in [-0.4, -0.2) is 25.1 Å². The van der Waals surface area contributed by atoms with Crippen molar-refractivity contribution in [3.8, 4) is 5.75 Å². The number of anilines is 1. The lowest BCUT2D eigenvalue weighted by atomic mass is 10.1. The third kappa shape index (κ3) is 5.39. The van der Waals surface area contributed by atoms with E-state index >= 15 is 0 Å². The maximum atomic E-state index is 13.3. The summed E-state index contributed by atoms with van der Waals surface area (Å²) in [4.78, 5) is 23.2. The molecule has 0 unspecified atom stereocenters. The van der Waals surface area contributed by atoms with Crippen molar-refractivity contribution in [2.24, 2.45) is 0 Å². The van der Waals surface area contributed by atoms with E-state index < -0.39 is 30.9 Å². The number of ether oxygens (including phenoxy) is 2. The highest BCUT2D eigenvalue weighted by Crippen LogP contribution is 2.15. The number of hydrogen-bond acceptors (Lipinski definition) is 4. The second-order valence-electron chi connectivity index (χ2n) is 4.98. The van der Waals surface area contributed by atoms with Crippen LogP contribution in [0.1, 0.15) is 12.5 Å². The van der Waals surface area contributed by atoms with E-state index in [0.717, 1.165) is 12.0 Å². The molecule has 0 aliphatic rings. The van der Waals surface area contributed by atoms with Gasteiger partial charge in [0.15, 0.2) is 24.8 Å². The molecule has 1 N–H and O–H groups in total. The van der Waals surface area contributed by atoms with Crippen molar-refractivity contribution in [2.75, 3.05) is 18.5 Å². The van der Waals surface area contributed by atoms with Gasteiger partial charge in [0.2, 0.25) is 0 Å². The summed E-state index contributed by atoms with van der Waals surface area (Å²) >= 11 is 0. The molecule has 0 aliphatic carbocycles. The third-order valence-corrected chi connectivity index (χ3v) is 3.19. The standard InChI is InChI=1S/C18H18FNO4/c1-2-13-7-9-14(10-8-13)20-17(21)11-24-18(22)12-23-16-6-4-3-5-15(16)19/h3-10H,2,11-12H2,1H3,(H,20,21). The second-order valence-corrected chi connectivity index (χ2v) is 4.98. The van der Waals surface area contributed by atoms with Crippen molar-refractivity contribution in [1.29, 1.82) is 0 Å². The SMILES string of the molecule is CCc1ccc(NC(=O)COC(=O)COc2ccccc2F)cc1. The smallest absolute Gasteiger partial charge is 0.344 e. The lowest BCUT2D eigenvalue weighted by Gasteiger charge is -2.08. The van der Waals surface area contributed by atoms with Gasteiger partial charge < -0.3 is 14.8 Å². The van der Waals surface area contributed by atoms with Crippen molar-refractivity contribution < 1.29 is 23.5 Å². The first kappa shape index (κ1) is 17.5. The highest BCUT2D eigenvalue weighted by molar-refractivity contribution is 5.92. The Kier molecular flexibility index (Phi) is 6.31. The van der Waals surface area contributed by atoms with Crippen LogP contribution < -0.4 is 10.1 Å². The van der Waals surface area contributed by atoms with Gasteiger partial charge in [-0.05, 0) is 36.2 Å². The Morgan fingerprint density at radius 2 is 1.75 bits per heavy atom. The number of benzene rings is 2. The molecule has 126 valence electrons. The van der Waals surface area contributed by atoms with E-state index in [0.29, 0.717) is 5.69 Å². The largest absolute Gasteiger partial charge is 0.479 e. The molecule has 2 aromatic carbocycles. The predicted octanol–water partition coefficient (Wildman–Crippen LogP) is 2.95. The maximum Gasteiger partial charge on any atom is 0.344 e. The van der Waals surface area contributed by atoms with Gasteiger partial charge in [-0.2, -0.15) is 0 Å². The van der Waals surface area contributed by atoms with Crippen LogP contribution >= 0.6 is 0 Å². The number of rotatable bonds is 7. The van der Waals surface area contributed by atoms with Gasteiger partial charge in [0, 0.05) is 5.69 Å². The van der Waals surface area contributed by atoms with Crippen molar-refractivity contribution in [3.05, 3.63) is 59.9 Å². The first-order chi connectivity index (χ1) is 11.6. The van der Waals surface area contributed by atoms with Gasteiger partial charge in [-0.15, -0.1) is 0 Å². The molecule has 2 aromatic rings. The van der Waals surface area contributed by atoms with Gasteiger partial charge in [-0.1, -0.05) is 31.2 Å². The number of nitrogens with one attached hydrogen (secondary N) is 1. The molecule has 5 nitrogen and oxygen atoms in total. The minimum absolute atomic E-state index is 0.0464. The molecule has 0 atom stereocenters. The first-order valence-electron chi connectivity index (χ1n) is 7.50. The number of halogens is 1. The van der Waals surface area contributed by atoms with Gasteiger partial charge >= 0.3 is 5.97 Å². The van der Waals surface area contributed by atoms with Crippen molar-refractivity contribution in [1.82, 2.24) is 0 Å². The average molecular weight is 331 g/mol. The molecule has 6 heteroatoms. The number of aryl methyl sites for hydroxylation is 1. The van der Waals surface area contributed by atoms with Gasteiger partial charge in [-0.3, -0.25) is 4.79 Å². The molecular formula is C18H18FNO4. The molecule has 0 heterocycles. The quantitative estimate of drug-likeness (QED) is 0.792. The Bertz CT molecular complexity index is 700. The number of carbonyl (C=O) groups is 2. The normalized spacial score (nSPS) is 10.1. The summed E-state index contributed by atoms with van der Waals surface area (Å²) in [6.07, 6.45) is 0.911. The molecule has 0 aromatic heterocycles. The average Bonchev–Trinajstić information content (AvgIpc) is 2.60. The van der Waals surface area contributed by atoms with E-state index in [-0.39, 0.29) is 5.75 Å². The Morgan fingerprint density at radius 3 is 2.42 bits per heavy atom. The Labute approximate surface area is 139 Å². The number of hydrogen-bond donors (Lipinski definition) is 1. The van der Waals surface area contributed by atoms with Crippen molar-refractivity contribution in [2.45, 2.75) is 13.3 Å². The lowest BCUT2D eigenvalue weighted by Crippen LogP contribution is -2.23. The summed E-state index contributed by atoms with van der Waals surface area (Å²) in [5, 5.41) is 2.61. The van der Waals surface area contributed by atoms with E-state index in [1.807, 2.05) is 19.1 Å². The highest BCUT2D eigenvalue weighted by atomic mass is 19.1. The van der Waals surface area contributed by atoms with Crippen LogP contribution in [0.2, 0.25) is 0 Å². The van der Waals surface area contributed by atoms with Gasteiger partial charge in [-0.25, -0.2) is 9.18 Å². The first-order valence-corrected chi connectivity index (χ1v) is 7.50. The van der Waals surface area contributed by atoms with Crippen molar-refractivity contribution >= 4 is 17.6 Å². The van der Waals surface area contributed by atoms with Crippen molar-refractivity contribution in [3.63, 3.8) is 0 Å². The fraction of sp³-hybridized carbons (Fsp3) is 0.222. The van der Waals surface area contributed by atoms with E-state index in [4.69, 9.17) is 9.47 Å². The molecule has 0 saturated heterocycles. The number of amides is 1. The van der Waals surface area contributed by atoms with Crippen LogP contribution in [0.5, 0.6) is 5.75 Å². The van der Waals surface area contributed by atoms with E-state index in [1.165, 1.54) is 18.2 Å². The van der Waals surface area contributed by atoms with Crippen LogP contribution in [-0.2, 0) is 20.7 Å². The van der Waals surface area contributed by atoms with Gasteiger partial charge in [0.25, 0.3) is 5.91 Å². The topological polar surface area (TPSA) is 64.6 Å². The Balaban J connectivity index is 1.72. The van der Waals surface area contributed by atoms with Gasteiger partial charge in [0.05, 0.1) is 0 Å². The van der Waals surface area contributed by atoms with E-state index in [9.17, 15) is 14.0 Å². The third-order valence-electron chi connectivity index (χ3n) is 3.19. The number of carbonyl (C=O) groups excluding carboxylic acids is 2. The summed E-state index contributed by atoms with van der Waals surface area (Å²) in [6.45, 7) is 1.13. The highest BCUT2D eigenvalue weighted by Gasteiger charge is 2.10. The minimum Gasteiger partial charge on any atom is -0.479 e. The van der Waals surface area contributed by atoms with Crippen LogP contribution in [0.15, 0.2) is 48.5 Å². The van der Waals surface area contributed by atoms with Crippen LogP contribution in [0.25, 0.3) is 0 Å². The molecule has 1 amide bonds. The molecule has 0 spiro atoms. The summed E-state index contributed by atoms with van der Waals surface area (Å²) in [7, 11) is 0. The summed E-state index contributed by atoms with van der Waals surface area (Å²) in [6, 6.07) is 13.1. The summed E-state index contributed by atoms with van der Waals surface area (Å²) < 4.78 is 23.1. The number of para-hydroxylation sites is 1. The summed E-state index contributed by atoms with van der Waals surface area (Å²) in [5.41, 5.74) is 1.78. The summed E-state index contributed by atoms with van der Waals surface area (Å²) in [5.74, 6) is -1.83. The molecule has 2 rings (SSSR count). The fourth-order valence-electron chi connectivity index (χ4n) is 1.91. The monoisotopic (exact) mass is 331 g/mol. The zero-order valence-electron chi connectivity index (χ0n) is 13.3. The Morgan fingerprint density at radius 1 is 1.04 bits per heavy atom. The number of esters is 1. The molecule has 0 aliphatic heterocycles. The fourth-order valence-corrected chi connectivity index (χ4v) is 1.91. The zero-order chi connectivity index (χ0) is 17.4. The molecule has 24 heavy (non-hydrogen) atoms. The molecule has 0 fully saturated rings. The maximum absolute atomic E-state index is 13.3. The lowest BCUT2D eigenvalue weighted by molar-refractivity contribution is -0.149. The molecule has 0 saturated carbocycles. The Hall–Kier alpha value is -2.89. The molecule has 0 radical (unpaired) electrons. The predicted molar refractivity (Wildman–Crippen MR) is 87.3 cm³/mol. The van der Waals surface area contributed by atoms with Crippen LogP contribution in [0, 0.1) is 5.82 Å². The minimum atomic E-state index is -0.755. The molecule has 0 bridgehead atoms.